The van der Waals surface area contributed by atoms with Crippen LogP contribution < -0.4 is 14.4 Å². The maximum absolute atomic E-state index is 13.7. The van der Waals surface area contributed by atoms with Gasteiger partial charge in [-0.2, -0.15) is 0 Å². The topological polar surface area (TPSA) is 134 Å². The monoisotopic (exact) mass is 837 g/mol. The summed E-state index contributed by atoms with van der Waals surface area (Å²) in [6.45, 7) is 4.74. The first-order valence-corrected chi connectivity index (χ1v) is 21.7. The molecule has 0 unspecified atom stereocenters. The van der Waals surface area contributed by atoms with E-state index < -0.39 is 20.6 Å². The van der Waals surface area contributed by atoms with E-state index in [4.69, 9.17) is 16.3 Å². The van der Waals surface area contributed by atoms with Gasteiger partial charge in [0.15, 0.2) is 11.6 Å². The van der Waals surface area contributed by atoms with Gasteiger partial charge in [0.1, 0.15) is 12.4 Å². The summed E-state index contributed by atoms with van der Waals surface area (Å²) in [5.74, 6) is 0.625. The van der Waals surface area contributed by atoms with Gasteiger partial charge in [-0.3, -0.25) is 19.7 Å². The standard InChI is InChI=1S/C43H44ClN7O5S2/c1-48(2)20-19-35(29-57-36-11-7-4-8-12-36)56-42-18-15-37(27-41(42)51(52)53)58(54,55)47-43-39-17-14-34(26-40(39)45-30-46-43)50-23-21-49(22-24-50)28-32-25-33(44)13-16-38(32)31-9-5-3-6-10-31/h3-18,25-27,30,35H,19-24,28-29H2,1-2H3,(H,45,46,47)/t35-/m1/s1. The zero-order chi connectivity index (χ0) is 40.6. The Morgan fingerprint density at radius 2 is 1.66 bits per heavy atom. The van der Waals surface area contributed by atoms with E-state index >= 15 is 0 Å². The predicted molar refractivity (Wildman–Crippen MR) is 233 cm³/mol. The van der Waals surface area contributed by atoms with E-state index in [9.17, 15) is 18.5 Å². The van der Waals surface area contributed by atoms with Crippen LogP contribution in [0.2, 0.25) is 5.02 Å². The molecule has 1 fully saturated rings. The minimum Gasteiger partial charge on any atom is -0.483 e. The van der Waals surface area contributed by atoms with Gasteiger partial charge < -0.3 is 14.5 Å². The lowest BCUT2D eigenvalue weighted by atomic mass is 9.99. The Labute approximate surface area is 348 Å². The number of nitro groups is 1. The van der Waals surface area contributed by atoms with E-state index in [1.807, 2.05) is 91.8 Å². The molecule has 12 nitrogen and oxygen atoms in total. The van der Waals surface area contributed by atoms with E-state index in [1.165, 1.54) is 29.6 Å². The summed E-state index contributed by atoms with van der Waals surface area (Å²) in [4.78, 5) is 27.8. The zero-order valence-corrected chi connectivity index (χ0v) is 34.6. The minimum atomic E-state index is -4.30. The van der Waals surface area contributed by atoms with E-state index in [-0.39, 0.29) is 22.6 Å². The second-order valence-corrected chi connectivity index (χ2v) is 17.5. The summed E-state index contributed by atoms with van der Waals surface area (Å²) in [5, 5.41) is 13.5. The van der Waals surface area contributed by atoms with Crippen LogP contribution >= 0.6 is 23.4 Å². The first kappa shape index (κ1) is 40.9. The fourth-order valence-corrected chi connectivity index (χ4v) is 9.08. The number of nitro benzene ring substituents is 1. The average molecular weight is 838 g/mol. The van der Waals surface area contributed by atoms with Crippen molar-refractivity contribution in [2.75, 3.05) is 62.2 Å². The highest BCUT2D eigenvalue weighted by Crippen LogP contribution is 2.34. The van der Waals surface area contributed by atoms with Crippen molar-refractivity contribution in [3.8, 4) is 16.9 Å². The van der Waals surface area contributed by atoms with Gasteiger partial charge in [0.25, 0.3) is 10.0 Å². The number of fused-ring (bicyclic) bond motifs is 1. The summed E-state index contributed by atoms with van der Waals surface area (Å²) in [6.07, 6.45) is 1.55. The van der Waals surface area contributed by atoms with Crippen LogP contribution in [0.4, 0.5) is 17.2 Å². The Kier molecular flexibility index (Phi) is 13.1. The number of nitrogens with one attached hydrogen (secondary N) is 1. The molecule has 15 heteroatoms. The van der Waals surface area contributed by atoms with Gasteiger partial charge >= 0.3 is 5.69 Å². The summed E-state index contributed by atoms with van der Waals surface area (Å²) in [5.41, 5.74) is 4.60. The Balaban J connectivity index is 1.03. The van der Waals surface area contributed by atoms with Crippen molar-refractivity contribution in [3.63, 3.8) is 0 Å². The fourth-order valence-electron chi connectivity index (χ4n) is 6.88. The smallest absolute Gasteiger partial charge is 0.312 e. The van der Waals surface area contributed by atoms with Crippen molar-refractivity contribution in [1.82, 2.24) is 19.8 Å². The first-order chi connectivity index (χ1) is 28.0. The number of anilines is 2. The van der Waals surface area contributed by atoms with E-state index in [1.54, 1.807) is 17.8 Å². The highest BCUT2D eigenvalue weighted by atomic mass is 35.5. The number of nitrogens with zero attached hydrogens (tertiary/aromatic N) is 6. The lowest BCUT2D eigenvalue weighted by Crippen LogP contribution is -2.46. The van der Waals surface area contributed by atoms with Gasteiger partial charge in [-0.05, 0) is 91.8 Å². The molecular formula is C43H44ClN7O5S2. The molecule has 0 radical (unpaired) electrons. The van der Waals surface area contributed by atoms with Crippen LogP contribution in [-0.2, 0) is 16.6 Å². The predicted octanol–water partition coefficient (Wildman–Crippen LogP) is 8.47. The highest BCUT2D eigenvalue weighted by Gasteiger charge is 2.26. The summed E-state index contributed by atoms with van der Waals surface area (Å²) in [6, 6.07) is 35.6. The van der Waals surface area contributed by atoms with Crippen molar-refractivity contribution >= 4 is 61.5 Å². The number of benzene rings is 5. The maximum atomic E-state index is 13.7. The number of hydrogen-bond acceptors (Lipinski definition) is 11. The maximum Gasteiger partial charge on any atom is 0.312 e. The lowest BCUT2D eigenvalue weighted by molar-refractivity contribution is -0.386. The third-order valence-electron chi connectivity index (χ3n) is 9.94. The summed E-state index contributed by atoms with van der Waals surface area (Å²) < 4.78 is 36.2. The van der Waals surface area contributed by atoms with Crippen molar-refractivity contribution < 1.29 is 18.1 Å². The van der Waals surface area contributed by atoms with Crippen LogP contribution in [0.5, 0.6) is 5.75 Å². The SMILES string of the molecule is CN(C)CC[C@H](CSc1ccccc1)Oc1ccc(S(=O)(=O)Nc2ncnc3cc(N4CCN(Cc5cc(Cl)ccc5-c5ccccc5)CC4)ccc23)cc1[N+](=O)[O-]. The molecule has 58 heavy (non-hydrogen) atoms. The molecule has 1 aliphatic heterocycles. The zero-order valence-electron chi connectivity index (χ0n) is 32.2. The van der Waals surface area contributed by atoms with Crippen molar-refractivity contribution in [2.45, 2.75) is 28.9 Å². The number of aromatic nitrogens is 2. The molecular weight excluding hydrogens is 794 g/mol. The Bertz CT molecular complexity index is 2470. The molecule has 1 aromatic heterocycles. The Morgan fingerprint density at radius 1 is 0.914 bits per heavy atom. The molecule has 0 aliphatic carbocycles. The van der Waals surface area contributed by atoms with Gasteiger partial charge in [-0.1, -0.05) is 66.2 Å². The van der Waals surface area contributed by atoms with Crippen LogP contribution in [0, 0.1) is 10.1 Å². The fraction of sp³-hybridized carbons (Fsp3) is 0.256. The summed E-state index contributed by atoms with van der Waals surface area (Å²) in [7, 11) is -0.398. The van der Waals surface area contributed by atoms with Crippen LogP contribution in [0.25, 0.3) is 22.0 Å². The van der Waals surface area contributed by atoms with Gasteiger partial charge in [0, 0.05) is 72.1 Å². The molecule has 0 saturated carbocycles. The molecule has 0 amide bonds. The molecule has 300 valence electrons. The number of thioether (sulfide) groups is 1. The van der Waals surface area contributed by atoms with E-state index in [0.717, 1.165) is 54.9 Å². The molecule has 1 aliphatic rings. The van der Waals surface area contributed by atoms with Crippen molar-refractivity contribution in [2.24, 2.45) is 0 Å². The minimum absolute atomic E-state index is 0.00335. The molecule has 1 saturated heterocycles. The third kappa shape index (κ3) is 10.2. The molecule has 1 atom stereocenters. The van der Waals surface area contributed by atoms with Crippen LogP contribution in [0.3, 0.4) is 0 Å². The molecule has 0 bridgehead atoms. The largest absolute Gasteiger partial charge is 0.483 e. The molecule has 1 N–H and O–H groups in total. The molecule has 5 aromatic carbocycles. The number of hydrogen-bond donors (Lipinski definition) is 1. The lowest BCUT2D eigenvalue weighted by Gasteiger charge is -2.36. The quantitative estimate of drug-likeness (QED) is 0.0572. The number of piperazine rings is 1. The Hall–Kier alpha value is -5.25. The van der Waals surface area contributed by atoms with E-state index in [0.29, 0.717) is 34.6 Å². The number of rotatable bonds is 16. The van der Waals surface area contributed by atoms with Crippen molar-refractivity contribution in [1.29, 1.82) is 0 Å². The normalized spacial score (nSPS) is 14.1. The van der Waals surface area contributed by atoms with Crippen LogP contribution in [0.15, 0.2) is 131 Å². The number of halogens is 1. The Morgan fingerprint density at radius 3 is 2.38 bits per heavy atom. The van der Waals surface area contributed by atoms with Crippen LogP contribution in [0.1, 0.15) is 12.0 Å². The number of sulfonamides is 1. The first-order valence-electron chi connectivity index (χ1n) is 18.9. The average Bonchev–Trinajstić information content (AvgIpc) is 3.22. The van der Waals surface area contributed by atoms with Gasteiger partial charge in [0.2, 0.25) is 0 Å². The van der Waals surface area contributed by atoms with Crippen LogP contribution in [-0.4, -0.2) is 91.8 Å². The highest BCUT2D eigenvalue weighted by molar-refractivity contribution is 7.99. The molecule has 7 rings (SSSR count). The molecule has 0 spiro atoms. The van der Waals surface area contributed by atoms with E-state index in [2.05, 4.69) is 42.7 Å². The van der Waals surface area contributed by atoms with Crippen molar-refractivity contribution in [3.05, 3.63) is 142 Å². The second-order valence-electron chi connectivity index (χ2n) is 14.3. The second kappa shape index (κ2) is 18.6. The number of ether oxygens (including phenoxy) is 1. The van der Waals surface area contributed by atoms with Gasteiger partial charge in [-0.15, -0.1) is 11.8 Å². The third-order valence-corrected chi connectivity index (χ3v) is 12.7. The van der Waals surface area contributed by atoms with Gasteiger partial charge in [-0.25, -0.2) is 18.4 Å². The summed E-state index contributed by atoms with van der Waals surface area (Å²) >= 11 is 8.02. The molecule has 2 heterocycles. The van der Waals surface area contributed by atoms with Gasteiger partial charge in [0.05, 0.1) is 15.3 Å². The molecule has 6 aromatic rings.